The smallest absolute Gasteiger partial charge is 0.346 e. The van der Waals surface area contributed by atoms with Gasteiger partial charge in [0.2, 0.25) is 0 Å². The Kier molecular flexibility index (Phi) is 7.61. The van der Waals surface area contributed by atoms with Crippen molar-refractivity contribution in [1.82, 2.24) is 19.2 Å². The van der Waals surface area contributed by atoms with Crippen LogP contribution in [0.1, 0.15) is 56.0 Å². The number of fused-ring (bicyclic) bond motifs is 1. The first-order valence-corrected chi connectivity index (χ1v) is 12.9. The van der Waals surface area contributed by atoms with Crippen molar-refractivity contribution in [2.45, 2.75) is 70.4 Å². The molecule has 1 spiro atoms. The number of carbonyl (C=O) groups is 1. The van der Waals surface area contributed by atoms with Crippen LogP contribution in [0.2, 0.25) is 0 Å². The van der Waals surface area contributed by atoms with Gasteiger partial charge in [0.1, 0.15) is 12.2 Å². The monoisotopic (exact) mass is 474 g/mol. The molecule has 1 atom stereocenters. The Morgan fingerprint density at radius 3 is 2.61 bits per heavy atom. The zero-order valence-electron chi connectivity index (χ0n) is 19.5. The average molecular weight is 475 g/mol. The van der Waals surface area contributed by atoms with Crippen molar-refractivity contribution in [1.29, 1.82) is 0 Å². The quantitative estimate of drug-likeness (QED) is 0.682. The number of nitrogens with zero attached hydrogens (tertiary/aromatic N) is 4. The minimum Gasteiger partial charge on any atom is -0.483 e. The standard InChI is InChI=1S/C23H32N4O2S.CH2O2/c1-17(2)19-5-3-18(4-6-19)13-27-22(28)26-16-23(29-14-21(26)24-27)9-10-25(15-23)20-7-11-30-12-8-20;2-1-3/h3-6,17,20H,7-16H2,1-2H3;1H,(H,2,3). The summed E-state index contributed by atoms with van der Waals surface area (Å²) in [7, 11) is 0. The Bertz CT molecular complexity index is 997. The van der Waals surface area contributed by atoms with Crippen LogP contribution in [-0.2, 0) is 29.2 Å². The fraction of sp³-hybridized carbons (Fsp3) is 0.625. The third-order valence-electron chi connectivity index (χ3n) is 6.98. The van der Waals surface area contributed by atoms with Crippen LogP contribution >= 0.6 is 11.8 Å². The van der Waals surface area contributed by atoms with Gasteiger partial charge in [-0.05, 0) is 47.8 Å². The van der Waals surface area contributed by atoms with Gasteiger partial charge in [-0.1, -0.05) is 38.1 Å². The lowest BCUT2D eigenvalue weighted by atomic mass is 10.0. The van der Waals surface area contributed by atoms with E-state index in [9.17, 15) is 4.79 Å². The minimum absolute atomic E-state index is 0.00636. The van der Waals surface area contributed by atoms with Crippen LogP contribution in [0.3, 0.4) is 0 Å². The molecule has 0 amide bonds. The lowest BCUT2D eigenvalue weighted by Gasteiger charge is -2.36. The van der Waals surface area contributed by atoms with Gasteiger partial charge in [0, 0.05) is 19.1 Å². The molecule has 3 aliphatic rings. The Morgan fingerprint density at radius 2 is 1.94 bits per heavy atom. The predicted octanol–water partition coefficient (Wildman–Crippen LogP) is 2.79. The van der Waals surface area contributed by atoms with Crippen molar-refractivity contribution >= 4 is 18.2 Å². The Balaban J connectivity index is 0.000000821. The van der Waals surface area contributed by atoms with E-state index >= 15 is 0 Å². The summed E-state index contributed by atoms with van der Waals surface area (Å²) in [6, 6.07) is 9.19. The first-order valence-electron chi connectivity index (χ1n) is 11.7. The van der Waals surface area contributed by atoms with E-state index in [0.29, 0.717) is 31.7 Å². The van der Waals surface area contributed by atoms with Crippen LogP contribution < -0.4 is 5.69 Å². The van der Waals surface area contributed by atoms with E-state index in [1.165, 1.54) is 29.9 Å². The van der Waals surface area contributed by atoms with Crippen LogP contribution in [0.5, 0.6) is 0 Å². The van der Waals surface area contributed by atoms with Crippen molar-refractivity contribution in [3.63, 3.8) is 0 Å². The highest BCUT2D eigenvalue weighted by Crippen LogP contribution is 2.34. The fourth-order valence-corrected chi connectivity index (χ4v) is 6.15. The number of aromatic nitrogens is 3. The molecule has 1 aromatic carbocycles. The summed E-state index contributed by atoms with van der Waals surface area (Å²) in [4.78, 5) is 24.1. The highest BCUT2D eigenvalue weighted by atomic mass is 32.2. The first kappa shape index (κ1) is 24.0. The summed E-state index contributed by atoms with van der Waals surface area (Å²) in [6.07, 6.45) is 3.56. The molecule has 3 aliphatic heterocycles. The maximum Gasteiger partial charge on any atom is 0.346 e. The summed E-state index contributed by atoms with van der Waals surface area (Å²) in [5, 5.41) is 11.5. The first-order chi connectivity index (χ1) is 15.9. The molecule has 33 heavy (non-hydrogen) atoms. The molecule has 1 N–H and O–H groups in total. The van der Waals surface area contributed by atoms with Crippen LogP contribution in [0, 0.1) is 0 Å². The topological polar surface area (TPSA) is 89.6 Å². The van der Waals surface area contributed by atoms with Gasteiger partial charge in [-0.25, -0.2) is 9.48 Å². The lowest BCUT2D eigenvalue weighted by molar-refractivity contribution is -0.122. The molecule has 0 bridgehead atoms. The Hall–Kier alpha value is -2.10. The van der Waals surface area contributed by atoms with Gasteiger partial charge in [0.05, 0.1) is 13.1 Å². The largest absolute Gasteiger partial charge is 0.483 e. The third-order valence-corrected chi connectivity index (χ3v) is 8.03. The molecule has 1 aromatic heterocycles. The molecule has 9 heteroatoms. The van der Waals surface area contributed by atoms with Gasteiger partial charge in [0.15, 0.2) is 5.82 Å². The summed E-state index contributed by atoms with van der Waals surface area (Å²) in [5.41, 5.74) is 2.18. The van der Waals surface area contributed by atoms with Crippen LogP contribution in [-0.4, -0.2) is 67.1 Å². The van der Waals surface area contributed by atoms with Crippen molar-refractivity contribution in [3.05, 3.63) is 51.7 Å². The maximum absolute atomic E-state index is 13.1. The van der Waals surface area contributed by atoms with Crippen molar-refractivity contribution in [2.24, 2.45) is 0 Å². The normalized spacial score (nSPS) is 23.4. The lowest BCUT2D eigenvalue weighted by Crippen LogP contribution is -2.48. The van der Waals surface area contributed by atoms with Crippen LogP contribution in [0.15, 0.2) is 29.1 Å². The highest BCUT2D eigenvalue weighted by molar-refractivity contribution is 7.99. The van der Waals surface area contributed by atoms with E-state index < -0.39 is 0 Å². The molecule has 180 valence electrons. The number of hydrogen-bond donors (Lipinski definition) is 1. The fourth-order valence-electron chi connectivity index (χ4n) is 5.07. The molecule has 8 nitrogen and oxygen atoms in total. The number of thioether (sulfide) groups is 1. The predicted molar refractivity (Wildman–Crippen MR) is 129 cm³/mol. The second-order valence-electron chi connectivity index (χ2n) is 9.48. The number of benzene rings is 1. The number of ether oxygens (including phenoxy) is 1. The van der Waals surface area contributed by atoms with E-state index in [2.05, 4.69) is 59.9 Å². The minimum atomic E-state index is -0.250. The van der Waals surface area contributed by atoms with Crippen LogP contribution in [0.4, 0.5) is 0 Å². The van der Waals surface area contributed by atoms with Crippen molar-refractivity contribution < 1.29 is 14.6 Å². The van der Waals surface area contributed by atoms with Crippen molar-refractivity contribution in [3.8, 4) is 0 Å². The van der Waals surface area contributed by atoms with E-state index in [0.717, 1.165) is 30.9 Å². The molecule has 0 aliphatic carbocycles. The summed E-state index contributed by atoms with van der Waals surface area (Å²) < 4.78 is 9.82. The molecule has 2 saturated heterocycles. The van der Waals surface area contributed by atoms with E-state index in [-0.39, 0.29) is 17.8 Å². The van der Waals surface area contributed by atoms with Gasteiger partial charge >= 0.3 is 5.69 Å². The Morgan fingerprint density at radius 1 is 1.24 bits per heavy atom. The van der Waals surface area contributed by atoms with Crippen molar-refractivity contribution in [2.75, 3.05) is 24.6 Å². The van der Waals surface area contributed by atoms with Gasteiger partial charge in [0.25, 0.3) is 6.47 Å². The van der Waals surface area contributed by atoms with E-state index in [1.807, 2.05) is 4.57 Å². The summed E-state index contributed by atoms with van der Waals surface area (Å²) in [5.74, 6) is 3.80. The summed E-state index contributed by atoms with van der Waals surface area (Å²) in [6.45, 7) is 7.72. The second kappa shape index (κ2) is 10.4. The average Bonchev–Trinajstić information content (AvgIpc) is 3.37. The Labute approximate surface area is 198 Å². The zero-order valence-corrected chi connectivity index (χ0v) is 20.3. The molecular formula is C24H34N4O4S. The van der Waals surface area contributed by atoms with Gasteiger partial charge < -0.3 is 9.84 Å². The molecule has 2 aromatic rings. The van der Waals surface area contributed by atoms with E-state index in [4.69, 9.17) is 14.6 Å². The molecule has 1 unspecified atom stereocenters. The van der Waals surface area contributed by atoms with E-state index in [1.54, 1.807) is 4.68 Å². The van der Waals surface area contributed by atoms with Gasteiger partial charge in [-0.3, -0.25) is 14.3 Å². The molecule has 0 radical (unpaired) electrons. The second-order valence-corrected chi connectivity index (χ2v) is 10.7. The molecule has 5 rings (SSSR count). The molecular weight excluding hydrogens is 440 g/mol. The zero-order chi connectivity index (χ0) is 23.4. The molecule has 0 saturated carbocycles. The number of likely N-dealkylation sites (tertiary alicyclic amines) is 1. The maximum atomic E-state index is 13.1. The number of hydrogen-bond acceptors (Lipinski definition) is 6. The number of rotatable bonds is 4. The van der Waals surface area contributed by atoms with Crippen LogP contribution in [0.25, 0.3) is 0 Å². The van der Waals surface area contributed by atoms with Gasteiger partial charge in [-0.2, -0.15) is 16.9 Å². The third kappa shape index (κ3) is 5.36. The summed E-state index contributed by atoms with van der Waals surface area (Å²) >= 11 is 2.07. The highest BCUT2D eigenvalue weighted by Gasteiger charge is 2.45. The molecule has 4 heterocycles. The molecule has 2 fully saturated rings. The van der Waals surface area contributed by atoms with Gasteiger partial charge in [-0.15, -0.1) is 0 Å². The number of carboxylic acid groups (broad SMARTS) is 1. The SMILES string of the molecule is CC(C)c1ccc(Cn2nc3n(c2=O)CC2(CCN(C4CCSCC4)C2)OC3)cc1.O=CO.